The molecule has 3 aromatic rings. The van der Waals surface area contributed by atoms with Crippen LogP contribution in [0.2, 0.25) is 0 Å². The van der Waals surface area contributed by atoms with Gasteiger partial charge in [-0.1, -0.05) is 0 Å². The quantitative estimate of drug-likeness (QED) is 0.631. The molecule has 0 aromatic carbocycles. The highest BCUT2D eigenvalue weighted by atomic mass is 16.3. The Hall–Kier alpha value is -2.03. The maximum atomic E-state index is 5.34. The Morgan fingerprint density at radius 2 is 2.21 bits per heavy atom. The van der Waals surface area contributed by atoms with Gasteiger partial charge in [0.25, 0.3) is 0 Å². The van der Waals surface area contributed by atoms with Crippen molar-refractivity contribution in [2.45, 2.75) is 0 Å². The van der Waals surface area contributed by atoms with Crippen molar-refractivity contribution in [2.24, 2.45) is 0 Å². The standard InChI is InChI=1S/C11H8N2O/c1-3-8-9(10-4-2-6-14-10)7-13-11(8)12-5-1/h1-7H,(H,12,13). The highest BCUT2D eigenvalue weighted by Crippen LogP contribution is 2.27. The summed E-state index contributed by atoms with van der Waals surface area (Å²) < 4.78 is 5.34. The molecule has 0 radical (unpaired) electrons. The molecule has 3 heterocycles. The van der Waals surface area contributed by atoms with Crippen LogP contribution in [0.1, 0.15) is 0 Å². The van der Waals surface area contributed by atoms with Gasteiger partial charge in [0, 0.05) is 23.3 Å². The molecule has 0 amide bonds. The first kappa shape index (κ1) is 7.38. The third-order valence-corrected chi connectivity index (χ3v) is 2.24. The van der Waals surface area contributed by atoms with Crippen molar-refractivity contribution in [3.05, 3.63) is 42.9 Å². The first-order chi connectivity index (χ1) is 6.95. The molecule has 0 aliphatic rings. The molecule has 0 saturated carbocycles. The van der Waals surface area contributed by atoms with Crippen LogP contribution < -0.4 is 0 Å². The molecule has 3 rings (SSSR count). The molecule has 3 nitrogen and oxygen atoms in total. The maximum Gasteiger partial charge on any atom is 0.137 e. The number of hydrogen-bond acceptors (Lipinski definition) is 2. The molecular formula is C11H8N2O. The van der Waals surface area contributed by atoms with Crippen LogP contribution in [0.5, 0.6) is 0 Å². The van der Waals surface area contributed by atoms with Gasteiger partial charge in [-0.25, -0.2) is 4.98 Å². The fourth-order valence-corrected chi connectivity index (χ4v) is 1.59. The van der Waals surface area contributed by atoms with Crippen LogP contribution in [0.15, 0.2) is 47.3 Å². The average molecular weight is 184 g/mol. The SMILES string of the molecule is c1coc(-c2c[nH]c3ncccc23)c1. The van der Waals surface area contributed by atoms with Gasteiger partial charge < -0.3 is 9.40 Å². The van der Waals surface area contributed by atoms with Crippen LogP contribution in [-0.2, 0) is 0 Å². The lowest BCUT2D eigenvalue weighted by atomic mass is 10.2. The van der Waals surface area contributed by atoms with E-state index in [0.29, 0.717) is 0 Å². The Morgan fingerprint density at radius 1 is 1.21 bits per heavy atom. The van der Waals surface area contributed by atoms with Crippen LogP contribution in [0, 0.1) is 0 Å². The molecule has 1 N–H and O–H groups in total. The van der Waals surface area contributed by atoms with Gasteiger partial charge in [0.15, 0.2) is 0 Å². The monoisotopic (exact) mass is 184 g/mol. The minimum absolute atomic E-state index is 0.865. The zero-order valence-electron chi connectivity index (χ0n) is 7.40. The van der Waals surface area contributed by atoms with Gasteiger partial charge in [-0.3, -0.25) is 0 Å². The summed E-state index contributed by atoms with van der Waals surface area (Å²) in [5.74, 6) is 0.865. The summed E-state index contributed by atoms with van der Waals surface area (Å²) in [5.41, 5.74) is 1.94. The van der Waals surface area contributed by atoms with Crippen molar-refractivity contribution in [1.29, 1.82) is 0 Å². The van der Waals surface area contributed by atoms with Crippen molar-refractivity contribution in [3.63, 3.8) is 0 Å². The molecule has 0 bridgehead atoms. The predicted molar refractivity (Wildman–Crippen MR) is 53.8 cm³/mol. The minimum Gasteiger partial charge on any atom is -0.464 e. The summed E-state index contributed by atoms with van der Waals surface area (Å²) in [7, 11) is 0. The van der Waals surface area contributed by atoms with Crippen molar-refractivity contribution < 1.29 is 4.42 Å². The second-order valence-corrected chi connectivity index (χ2v) is 3.08. The molecule has 3 heteroatoms. The summed E-state index contributed by atoms with van der Waals surface area (Å²) in [6.07, 6.45) is 5.35. The normalized spacial score (nSPS) is 10.9. The topological polar surface area (TPSA) is 41.8 Å². The van der Waals surface area contributed by atoms with Crippen LogP contribution in [0.4, 0.5) is 0 Å². The number of furan rings is 1. The van der Waals surface area contributed by atoms with E-state index in [-0.39, 0.29) is 0 Å². The molecule has 0 aliphatic carbocycles. The first-order valence-electron chi connectivity index (χ1n) is 4.41. The van der Waals surface area contributed by atoms with E-state index in [9.17, 15) is 0 Å². The number of H-pyrrole nitrogens is 1. The molecule has 0 spiro atoms. The molecule has 0 atom stereocenters. The molecule has 68 valence electrons. The van der Waals surface area contributed by atoms with E-state index in [4.69, 9.17) is 4.42 Å². The van der Waals surface area contributed by atoms with Gasteiger partial charge in [0.1, 0.15) is 11.4 Å². The smallest absolute Gasteiger partial charge is 0.137 e. The van der Waals surface area contributed by atoms with Gasteiger partial charge >= 0.3 is 0 Å². The number of fused-ring (bicyclic) bond motifs is 1. The van der Waals surface area contributed by atoms with E-state index in [0.717, 1.165) is 22.4 Å². The zero-order valence-corrected chi connectivity index (χ0v) is 7.40. The molecule has 0 unspecified atom stereocenters. The molecule has 3 aromatic heterocycles. The Morgan fingerprint density at radius 3 is 3.07 bits per heavy atom. The van der Waals surface area contributed by atoms with Gasteiger partial charge in [-0.05, 0) is 24.3 Å². The van der Waals surface area contributed by atoms with Crippen molar-refractivity contribution in [2.75, 3.05) is 0 Å². The Balaban J connectivity index is 2.33. The van der Waals surface area contributed by atoms with Crippen LogP contribution in [0.3, 0.4) is 0 Å². The van der Waals surface area contributed by atoms with Gasteiger partial charge in [0.2, 0.25) is 0 Å². The lowest BCUT2D eigenvalue weighted by molar-refractivity contribution is 0.583. The largest absolute Gasteiger partial charge is 0.464 e. The molecule has 0 fully saturated rings. The summed E-state index contributed by atoms with van der Waals surface area (Å²) in [6, 6.07) is 7.76. The van der Waals surface area contributed by atoms with Crippen LogP contribution >= 0.6 is 0 Å². The minimum atomic E-state index is 0.865. The van der Waals surface area contributed by atoms with Gasteiger partial charge in [-0.15, -0.1) is 0 Å². The number of nitrogens with one attached hydrogen (secondary N) is 1. The average Bonchev–Trinajstić information content (AvgIpc) is 2.85. The Labute approximate surface area is 80.4 Å². The lowest BCUT2D eigenvalue weighted by Gasteiger charge is -1.92. The zero-order chi connectivity index (χ0) is 9.38. The van der Waals surface area contributed by atoms with Crippen molar-refractivity contribution in [1.82, 2.24) is 9.97 Å². The number of nitrogens with zero attached hydrogens (tertiary/aromatic N) is 1. The fraction of sp³-hybridized carbons (Fsp3) is 0. The van der Waals surface area contributed by atoms with E-state index < -0.39 is 0 Å². The molecule has 14 heavy (non-hydrogen) atoms. The van der Waals surface area contributed by atoms with E-state index in [1.165, 1.54) is 0 Å². The molecular weight excluding hydrogens is 176 g/mol. The van der Waals surface area contributed by atoms with Crippen LogP contribution in [-0.4, -0.2) is 9.97 Å². The van der Waals surface area contributed by atoms with Gasteiger partial charge in [-0.2, -0.15) is 0 Å². The van der Waals surface area contributed by atoms with Crippen molar-refractivity contribution >= 4 is 11.0 Å². The third kappa shape index (κ3) is 0.956. The van der Waals surface area contributed by atoms with E-state index >= 15 is 0 Å². The highest BCUT2D eigenvalue weighted by Gasteiger charge is 2.07. The lowest BCUT2D eigenvalue weighted by Crippen LogP contribution is -1.73. The number of hydrogen-bond donors (Lipinski definition) is 1. The van der Waals surface area contributed by atoms with E-state index in [1.807, 2.05) is 30.5 Å². The number of rotatable bonds is 1. The van der Waals surface area contributed by atoms with Crippen LogP contribution in [0.25, 0.3) is 22.4 Å². The Kier molecular flexibility index (Phi) is 1.44. The summed E-state index contributed by atoms with van der Waals surface area (Å²) in [4.78, 5) is 7.32. The fourth-order valence-electron chi connectivity index (χ4n) is 1.59. The predicted octanol–water partition coefficient (Wildman–Crippen LogP) is 2.82. The second kappa shape index (κ2) is 2.73. The van der Waals surface area contributed by atoms with Crippen molar-refractivity contribution in [3.8, 4) is 11.3 Å². The summed E-state index contributed by atoms with van der Waals surface area (Å²) in [6.45, 7) is 0. The first-order valence-corrected chi connectivity index (χ1v) is 4.41. The molecule has 0 saturated heterocycles. The number of pyridine rings is 1. The number of aromatic amines is 1. The highest BCUT2D eigenvalue weighted by molar-refractivity contribution is 5.91. The number of aromatic nitrogens is 2. The van der Waals surface area contributed by atoms with Gasteiger partial charge in [0.05, 0.1) is 6.26 Å². The third-order valence-electron chi connectivity index (χ3n) is 2.24. The Bertz CT molecular complexity index is 551. The molecule has 0 aliphatic heterocycles. The second-order valence-electron chi connectivity index (χ2n) is 3.08. The maximum absolute atomic E-state index is 5.34. The summed E-state index contributed by atoms with van der Waals surface area (Å²) in [5, 5.41) is 1.09. The summed E-state index contributed by atoms with van der Waals surface area (Å²) >= 11 is 0. The van der Waals surface area contributed by atoms with E-state index in [2.05, 4.69) is 9.97 Å². The van der Waals surface area contributed by atoms with E-state index in [1.54, 1.807) is 12.5 Å².